The quantitative estimate of drug-likeness (QED) is 0.683. The Balaban J connectivity index is 1.89. The number of nitrogens with zero attached hydrogens (tertiary/aromatic N) is 1. The van der Waals surface area contributed by atoms with Gasteiger partial charge in [0.2, 0.25) is 5.56 Å². The van der Waals surface area contributed by atoms with Crippen LogP contribution in [0.2, 0.25) is 0 Å². The van der Waals surface area contributed by atoms with E-state index in [0.29, 0.717) is 10.6 Å². The predicted molar refractivity (Wildman–Crippen MR) is 81.6 cm³/mol. The number of carboxylic acids is 1. The lowest BCUT2D eigenvalue weighted by atomic mass is 10.2. The summed E-state index contributed by atoms with van der Waals surface area (Å²) in [4.78, 5) is 40.7. The van der Waals surface area contributed by atoms with Crippen molar-refractivity contribution in [1.82, 2.24) is 9.97 Å². The molecular formula is C14H9N3O4S. The zero-order chi connectivity index (χ0) is 15.7. The van der Waals surface area contributed by atoms with Gasteiger partial charge in [0.25, 0.3) is 5.91 Å². The Kier molecular flexibility index (Phi) is 3.43. The summed E-state index contributed by atoms with van der Waals surface area (Å²) in [7, 11) is 0. The Labute approximate surface area is 127 Å². The lowest BCUT2D eigenvalue weighted by molar-refractivity contribution is 0.0697. The van der Waals surface area contributed by atoms with Crippen LogP contribution in [0.4, 0.5) is 5.13 Å². The van der Waals surface area contributed by atoms with E-state index in [4.69, 9.17) is 5.11 Å². The maximum absolute atomic E-state index is 12.0. The molecule has 0 saturated heterocycles. The minimum absolute atomic E-state index is 0.123. The molecule has 3 rings (SSSR count). The van der Waals surface area contributed by atoms with Crippen molar-refractivity contribution in [2.75, 3.05) is 5.32 Å². The molecule has 0 aliphatic rings. The van der Waals surface area contributed by atoms with Gasteiger partial charge in [-0.05, 0) is 24.3 Å². The van der Waals surface area contributed by atoms with E-state index in [1.54, 1.807) is 6.07 Å². The number of pyridine rings is 1. The van der Waals surface area contributed by atoms with Crippen LogP contribution < -0.4 is 10.9 Å². The van der Waals surface area contributed by atoms with Crippen molar-refractivity contribution in [2.24, 2.45) is 0 Å². The highest BCUT2D eigenvalue weighted by Gasteiger charge is 2.12. The molecule has 8 heteroatoms. The molecule has 1 amide bonds. The normalized spacial score (nSPS) is 10.5. The molecule has 2 heterocycles. The van der Waals surface area contributed by atoms with E-state index < -0.39 is 11.9 Å². The van der Waals surface area contributed by atoms with E-state index in [1.165, 1.54) is 41.7 Å². The molecule has 110 valence electrons. The number of carboxylic acid groups (broad SMARTS) is 1. The van der Waals surface area contributed by atoms with Crippen molar-refractivity contribution in [2.45, 2.75) is 0 Å². The van der Waals surface area contributed by atoms with Crippen molar-refractivity contribution >= 4 is 38.6 Å². The zero-order valence-electron chi connectivity index (χ0n) is 11.0. The summed E-state index contributed by atoms with van der Waals surface area (Å²) >= 11 is 1.22. The SMILES string of the molecule is O=C(O)c1ccc2sc(NC(=O)c3cccc(=O)[nH]3)nc2c1. The molecule has 3 N–H and O–H groups in total. The first kappa shape index (κ1) is 14.0. The van der Waals surface area contributed by atoms with Gasteiger partial charge in [0, 0.05) is 6.07 Å². The molecule has 1 aromatic carbocycles. The van der Waals surface area contributed by atoms with E-state index in [9.17, 15) is 14.4 Å². The molecule has 0 radical (unpaired) electrons. The summed E-state index contributed by atoms with van der Waals surface area (Å²) in [5.41, 5.74) is 0.367. The standard InChI is InChI=1S/C14H9N3O4S/c18-11-3-1-2-8(15-11)12(19)17-14-16-9-6-7(13(20)21)4-5-10(9)22-14/h1-6H,(H,15,18)(H,20,21)(H,16,17,19). The fraction of sp³-hybridized carbons (Fsp3) is 0. The second kappa shape index (κ2) is 5.41. The van der Waals surface area contributed by atoms with Crippen LogP contribution in [0.1, 0.15) is 20.8 Å². The van der Waals surface area contributed by atoms with Gasteiger partial charge in [-0.15, -0.1) is 0 Å². The van der Waals surface area contributed by atoms with Crippen LogP contribution >= 0.6 is 11.3 Å². The molecular weight excluding hydrogens is 306 g/mol. The minimum atomic E-state index is -1.04. The van der Waals surface area contributed by atoms with E-state index in [2.05, 4.69) is 15.3 Å². The highest BCUT2D eigenvalue weighted by molar-refractivity contribution is 7.22. The monoisotopic (exact) mass is 315 g/mol. The topological polar surface area (TPSA) is 112 Å². The Bertz CT molecular complexity index is 944. The summed E-state index contributed by atoms with van der Waals surface area (Å²) in [6.45, 7) is 0. The molecule has 0 aliphatic carbocycles. The van der Waals surface area contributed by atoms with Gasteiger partial charge >= 0.3 is 5.97 Å². The third kappa shape index (κ3) is 2.72. The van der Waals surface area contributed by atoms with Crippen LogP contribution in [0.3, 0.4) is 0 Å². The average molecular weight is 315 g/mol. The van der Waals surface area contributed by atoms with Crippen LogP contribution in [0.5, 0.6) is 0 Å². The molecule has 0 spiro atoms. The number of anilines is 1. The van der Waals surface area contributed by atoms with Crippen molar-refractivity contribution < 1.29 is 14.7 Å². The first-order valence-corrected chi connectivity index (χ1v) is 6.99. The molecule has 22 heavy (non-hydrogen) atoms. The average Bonchev–Trinajstić information content (AvgIpc) is 2.88. The number of benzene rings is 1. The number of carbonyl (C=O) groups excluding carboxylic acids is 1. The molecule has 0 aliphatic heterocycles. The number of nitrogens with one attached hydrogen (secondary N) is 2. The van der Waals surface area contributed by atoms with Crippen molar-refractivity contribution in [3.8, 4) is 0 Å². The number of fused-ring (bicyclic) bond motifs is 1. The van der Waals surface area contributed by atoms with Crippen LogP contribution in [-0.4, -0.2) is 27.0 Å². The van der Waals surface area contributed by atoms with Gasteiger partial charge in [-0.25, -0.2) is 9.78 Å². The second-order valence-corrected chi connectivity index (χ2v) is 5.42. The summed E-state index contributed by atoms with van der Waals surface area (Å²) in [5, 5.41) is 11.8. The van der Waals surface area contributed by atoms with E-state index in [0.717, 1.165) is 4.70 Å². The van der Waals surface area contributed by atoms with Crippen LogP contribution in [0.25, 0.3) is 10.2 Å². The van der Waals surface area contributed by atoms with Crippen molar-refractivity contribution in [1.29, 1.82) is 0 Å². The predicted octanol–water partition coefficient (Wildman–Crippen LogP) is 1.94. The molecule has 0 bridgehead atoms. The zero-order valence-corrected chi connectivity index (χ0v) is 11.8. The number of aromatic nitrogens is 2. The van der Waals surface area contributed by atoms with E-state index in [1.807, 2.05) is 0 Å². The van der Waals surface area contributed by atoms with Crippen LogP contribution in [-0.2, 0) is 0 Å². The molecule has 0 saturated carbocycles. The maximum atomic E-state index is 12.0. The summed E-state index contributed by atoms with van der Waals surface area (Å²) < 4.78 is 0.752. The van der Waals surface area contributed by atoms with Crippen LogP contribution in [0, 0.1) is 0 Å². The van der Waals surface area contributed by atoms with Crippen molar-refractivity contribution in [3.63, 3.8) is 0 Å². The fourth-order valence-electron chi connectivity index (χ4n) is 1.86. The Morgan fingerprint density at radius 3 is 2.77 bits per heavy atom. The van der Waals surface area contributed by atoms with Gasteiger partial charge in [-0.3, -0.25) is 14.9 Å². The minimum Gasteiger partial charge on any atom is -0.478 e. The van der Waals surface area contributed by atoms with Crippen molar-refractivity contribution in [3.05, 3.63) is 58.0 Å². The first-order valence-electron chi connectivity index (χ1n) is 6.17. The highest BCUT2D eigenvalue weighted by atomic mass is 32.1. The number of rotatable bonds is 3. The molecule has 0 fully saturated rings. The van der Waals surface area contributed by atoms with Gasteiger partial charge in [0.1, 0.15) is 5.69 Å². The maximum Gasteiger partial charge on any atom is 0.335 e. The number of amides is 1. The summed E-state index contributed by atoms with van der Waals surface area (Å²) in [6, 6.07) is 8.81. The Morgan fingerprint density at radius 2 is 2.05 bits per heavy atom. The van der Waals surface area contributed by atoms with E-state index >= 15 is 0 Å². The summed E-state index contributed by atoms with van der Waals surface area (Å²) in [6.07, 6.45) is 0. The first-order chi connectivity index (χ1) is 10.5. The lowest BCUT2D eigenvalue weighted by Gasteiger charge is -2.00. The lowest BCUT2D eigenvalue weighted by Crippen LogP contribution is -2.17. The Morgan fingerprint density at radius 1 is 1.23 bits per heavy atom. The second-order valence-electron chi connectivity index (χ2n) is 4.39. The number of carbonyl (C=O) groups is 2. The third-order valence-corrected chi connectivity index (χ3v) is 3.82. The molecule has 2 aromatic heterocycles. The Hall–Kier alpha value is -3.00. The van der Waals surface area contributed by atoms with Gasteiger partial charge in [-0.2, -0.15) is 0 Å². The molecule has 0 atom stereocenters. The molecule has 7 nitrogen and oxygen atoms in total. The van der Waals surface area contributed by atoms with Gasteiger partial charge in [0.05, 0.1) is 15.8 Å². The van der Waals surface area contributed by atoms with Crippen LogP contribution in [0.15, 0.2) is 41.2 Å². The third-order valence-electron chi connectivity index (χ3n) is 2.87. The number of hydrogen-bond acceptors (Lipinski definition) is 5. The molecule has 3 aromatic rings. The molecule has 0 unspecified atom stereocenters. The number of H-pyrrole nitrogens is 1. The van der Waals surface area contributed by atoms with Gasteiger partial charge < -0.3 is 10.1 Å². The smallest absolute Gasteiger partial charge is 0.335 e. The number of aromatic amines is 1. The number of aromatic carboxylic acids is 1. The number of thiazole rings is 1. The van der Waals surface area contributed by atoms with Gasteiger partial charge in [0.15, 0.2) is 5.13 Å². The fourth-order valence-corrected chi connectivity index (χ4v) is 2.70. The highest BCUT2D eigenvalue weighted by Crippen LogP contribution is 2.26. The summed E-state index contributed by atoms with van der Waals surface area (Å²) in [5.74, 6) is -1.53. The largest absolute Gasteiger partial charge is 0.478 e. The van der Waals surface area contributed by atoms with E-state index in [-0.39, 0.29) is 16.8 Å². The van der Waals surface area contributed by atoms with Gasteiger partial charge in [-0.1, -0.05) is 17.4 Å². The number of hydrogen-bond donors (Lipinski definition) is 3.